The molecule has 4 aromatic rings. The fraction of sp³-hybridized carbons (Fsp3) is 0.0588. The highest BCUT2D eigenvalue weighted by atomic mass is 35.5. The maximum atomic E-state index is 12.7. The van der Waals surface area contributed by atoms with Gasteiger partial charge in [-0.2, -0.15) is 0 Å². The Balaban J connectivity index is 1.69. The zero-order valence-corrected chi connectivity index (χ0v) is 15.4. The van der Waals surface area contributed by atoms with E-state index in [9.17, 15) is 14.9 Å². The number of halogens is 2. The van der Waals surface area contributed by atoms with Crippen molar-refractivity contribution in [1.29, 1.82) is 0 Å². The van der Waals surface area contributed by atoms with Crippen molar-refractivity contribution in [2.75, 3.05) is 0 Å². The lowest BCUT2D eigenvalue weighted by atomic mass is 10.2. The van der Waals surface area contributed by atoms with Gasteiger partial charge in [-0.25, -0.2) is 4.98 Å². The Morgan fingerprint density at radius 1 is 1.14 bits per heavy atom. The second-order valence-electron chi connectivity index (χ2n) is 5.76. The van der Waals surface area contributed by atoms with Crippen molar-refractivity contribution in [2.45, 2.75) is 6.54 Å². The SMILES string of the molecule is O=c1c2cc([N+](=O)[O-])ccc2ncn1Cc1nnc(-c2ccc(Cl)cc2Cl)o1. The van der Waals surface area contributed by atoms with Gasteiger partial charge in [-0.1, -0.05) is 23.2 Å². The average Bonchev–Trinajstić information content (AvgIpc) is 3.12. The molecule has 2 heterocycles. The molecule has 0 amide bonds. The number of non-ortho nitro benzene ring substituents is 1. The van der Waals surface area contributed by atoms with Crippen molar-refractivity contribution >= 4 is 39.8 Å². The molecule has 9 nitrogen and oxygen atoms in total. The molecule has 2 aromatic carbocycles. The molecular formula is C17H9Cl2N5O4. The maximum Gasteiger partial charge on any atom is 0.270 e. The minimum Gasteiger partial charge on any atom is -0.419 e. The molecule has 28 heavy (non-hydrogen) atoms. The molecule has 0 radical (unpaired) electrons. The Bertz CT molecular complexity index is 1280. The fourth-order valence-electron chi connectivity index (χ4n) is 2.61. The van der Waals surface area contributed by atoms with Gasteiger partial charge in [0.05, 0.1) is 32.7 Å². The number of aromatic nitrogens is 4. The Kier molecular flexibility index (Phi) is 4.54. The smallest absolute Gasteiger partial charge is 0.270 e. The zero-order valence-electron chi connectivity index (χ0n) is 13.9. The second kappa shape index (κ2) is 7.02. The summed E-state index contributed by atoms with van der Waals surface area (Å²) >= 11 is 12.0. The third-order valence-corrected chi connectivity index (χ3v) is 4.50. The van der Waals surface area contributed by atoms with Crippen LogP contribution in [0.4, 0.5) is 5.69 Å². The average molecular weight is 418 g/mol. The monoisotopic (exact) mass is 417 g/mol. The number of nitro benzene ring substituents is 1. The van der Waals surface area contributed by atoms with Crippen LogP contribution in [0.1, 0.15) is 5.89 Å². The normalized spacial score (nSPS) is 11.1. The third kappa shape index (κ3) is 3.32. The fourth-order valence-corrected chi connectivity index (χ4v) is 3.10. The second-order valence-corrected chi connectivity index (χ2v) is 6.60. The van der Waals surface area contributed by atoms with Crippen LogP contribution in [0.5, 0.6) is 0 Å². The molecule has 11 heteroatoms. The first-order valence-corrected chi connectivity index (χ1v) is 8.59. The molecular weight excluding hydrogens is 409 g/mol. The summed E-state index contributed by atoms with van der Waals surface area (Å²) in [7, 11) is 0. The van der Waals surface area contributed by atoms with Gasteiger partial charge in [0.2, 0.25) is 11.8 Å². The number of rotatable bonds is 4. The van der Waals surface area contributed by atoms with Crippen LogP contribution in [-0.2, 0) is 6.54 Å². The van der Waals surface area contributed by atoms with Crippen LogP contribution < -0.4 is 5.56 Å². The Morgan fingerprint density at radius 2 is 1.96 bits per heavy atom. The van der Waals surface area contributed by atoms with Gasteiger partial charge in [-0.15, -0.1) is 10.2 Å². The standard InChI is InChI=1S/C17H9Cl2N5O4/c18-9-1-3-11(13(19)5-9)16-22-21-15(28-16)7-23-8-20-14-4-2-10(24(26)27)6-12(14)17(23)25/h1-6,8H,7H2. The summed E-state index contributed by atoms with van der Waals surface area (Å²) in [6, 6.07) is 8.73. The zero-order chi connectivity index (χ0) is 19.8. The van der Waals surface area contributed by atoms with E-state index >= 15 is 0 Å². The van der Waals surface area contributed by atoms with E-state index in [2.05, 4.69) is 15.2 Å². The molecule has 0 aliphatic rings. The minimum atomic E-state index is -0.573. The van der Waals surface area contributed by atoms with E-state index in [-0.39, 0.29) is 29.4 Å². The first-order valence-electron chi connectivity index (χ1n) is 7.84. The van der Waals surface area contributed by atoms with Crippen LogP contribution in [0.25, 0.3) is 22.4 Å². The highest BCUT2D eigenvalue weighted by Gasteiger charge is 2.15. The van der Waals surface area contributed by atoms with Crippen molar-refractivity contribution in [2.24, 2.45) is 0 Å². The van der Waals surface area contributed by atoms with Gasteiger partial charge >= 0.3 is 0 Å². The number of hydrogen-bond donors (Lipinski definition) is 0. The van der Waals surface area contributed by atoms with Crippen molar-refractivity contribution in [3.8, 4) is 11.5 Å². The first kappa shape index (κ1) is 18.1. The van der Waals surface area contributed by atoms with Crippen LogP contribution in [0.2, 0.25) is 10.0 Å². The Hall–Kier alpha value is -3.30. The van der Waals surface area contributed by atoms with Crippen molar-refractivity contribution in [3.05, 3.63) is 79.1 Å². The summed E-state index contributed by atoms with van der Waals surface area (Å²) in [6.45, 7) is -0.0529. The summed E-state index contributed by atoms with van der Waals surface area (Å²) in [5.74, 6) is 0.323. The lowest BCUT2D eigenvalue weighted by Gasteiger charge is -2.04. The molecule has 0 bridgehead atoms. The van der Waals surface area contributed by atoms with Gasteiger partial charge in [0.25, 0.3) is 11.2 Å². The summed E-state index contributed by atoms with van der Waals surface area (Å²) in [5.41, 5.74) is 0.204. The summed E-state index contributed by atoms with van der Waals surface area (Å²) in [5, 5.41) is 19.7. The molecule has 0 N–H and O–H groups in total. The Labute approximate surface area is 166 Å². The van der Waals surface area contributed by atoms with E-state index in [0.717, 1.165) is 0 Å². The molecule has 0 fully saturated rings. The quantitative estimate of drug-likeness (QED) is 0.366. The molecule has 0 spiro atoms. The number of hydrogen-bond acceptors (Lipinski definition) is 7. The summed E-state index contributed by atoms with van der Waals surface area (Å²) in [4.78, 5) is 27.2. The molecule has 0 unspecified atom stereocenters. The molecule has 4 rings (SSSR count). The van der Waals surface area contributed by atoms with Crippen molar-refractivity contribution in [1.82, 2.24) is 19.7 Å². The van der Waals surface area contributed by atoms with E-state index in [1.807, 2.05) is 0 Å². The number of nitrogens with zero attached hydrogens (tertiary/aromatic N) is 5. The highest BCUT2D eigenvalue weighted by molar-refractivity contribution is 6.36. The molecule has 140 valence electrons. The van der Waals surface area contributed by atoms with Crippen LogP contribution in [0, 0.1) is 10.1 Å². The van der Waals surface area contributed by atoms with Gasteiger partial charge in [0.1, 0.15) is 6.54 Å². The first-order chi connectivity index (χ1) is 13.4. The van der Waals surface area contributed by atoms with Crippen LogP contribution in [-0.4, -0.2) is 24.7 Å². The van der Waals surface area contributed by atoms with Gasteiger partial charge in [-0.3, -0.25) is 19.5 Å². The largest absolute Gasteiger partial charge is 0.419 e. The van der Waals surface area contributed by atoms with Crippen LogP contribution in [0.15, 0.2) is 51.9 Å². The number of fused-ring (bicyclic) bond motifs is 1. The summed E-state index contributed by atoms with van der Waals surface area (Å²) < 4.78 is 6.81. The van der Waals surface area contributed by atoms with Crippen LogP contribution >= 0.6 is 23.2 Å². The van der Waals surface area contributed by atoms with E-state index in [1.54, 1.807) is 18.2 Å². The van der Waals surface area contributed by atoms with Crippen molar-refractivity contribution in [3.63, 3.8) is 0 Å². The van der Waals surface area contributed by atoms with Gasteiger partial charge in [0.15, 0.2) is 0 Å². The molecule has 0 atom stereocenters. The van der Waals surface area contributed by atoms with E-state index < -0.39 is 10.5 Å². The molecule has 0 aliphatic carbocycles. The van der Waals surface area contributed by atoms with E-state index in [1.165, 1.54) is 29.1 Å². The lowest BCUT2D eigenvalue weighted by Crippen LogP contribution is -2.21. The summed E-state index contributed by atoms with van der Waals surface area (Å²) in [6.07, 6.45) is 1.32. The van der Waals surface area contributed by atoms with Gasteiger partial charge < -0.3 is 4.42 Å². The van der Waals surface area contributed by atoms with Crippen molar-refractivity contribution < 1.29 is 9.34 Å². The third-order valence-electron chi connectivity index (χ3n) is 3.95. The van der Waals surface area contributed by atoms with E-state index in [0.29, 0.717) is 21.1 Å². The highest BCUT2D eigenvalue weighted by Crippen LogP contribution is 2.29. The minimum absolute atomic E-state index is 0.0529. The number of nitro groups is 1. The lowest BCUT2D eigenvalue weighted by molar-refractivity contribution is -0.384. The predicted octanol–water partition coefficient (Wildman–Crippen LogP) is 3.71. The maximum absolute atomic E-state index is 12.7. The Morgan fingerprint density at radius 3 is 2.71 bits per heavy atom. The molecule has 0 saturated carbocycles. The van der Waals surface area contributed by atoms with Crippen LogP contribution in [0.3, 0.4) is 0 Å². The molecule has 0 aliphatic heterocycles. The van der Waals surface area contributed by atoms with Gasteiger partial charge in [-0.05, 0) is 24.3 Å². The number of benzene rings is 2. The van der Waals surface area contributed by atoms with Gasteiger partial charge in [0, 0.05) is 17.2 Å². The molecule has 0 saturated heterocycles. The topological polar surface area (TPSA) is 117 Å². The molecule has 2 aromatic heterocycles. The predicted molar refractivity (Wildman–Crippen MR) is 102 cm³/mol. The van der Waals surface area contributed by atoms with E-state index in [4.69, 9.17) is 27.6 Å².